The van der Waals surface area contributed by atoms with Crippen LogP contribution in [0.3, 0.4) is 0 Å². The van der Waals surface area contributed by atoms with Crippen LogP contribution in [0.5, 0.6) is 0 Å². The van der Waals surface area contributed by atoms with Gasteiger partial charge in [-0.1, -0.05) is 54.3 Å². The van der Waals surface area contributed by atoms with Crippen LogP contribution in [0.2, 0.25) is 5.02 Å². The van der Waals surface area contributed by atoms with Crippen molar-refractivity contribution in [2.24, 2.45) is 4.99 Å². The third-order valence-electron chi connectivity index (χ3n) is 4.30. The first-order valence-electron chi connectivity index (χ1n) is 8.12. The number of nitrogens with one attached hydrogen (secondary N) is 1. The van der Waals surface area contributed by atoms with Gasteiger partial charge < -0.3 is 5.32 Å². The first-order chi connectivity index (χ1) is 11.2. The topological polar surface area (TPSA) is 24.4 Å². The largest absolute Gasteiger partial charge is 0.368 e. The van der Waals surface area contributed by atoms with Gasteiger partial charge in [0.2, 0.25) is 0 Å². The standard InChI is InChI=1S/C19H20BClN2/c1-2-13-6-8-15(20)12-14(13)7-9-16-17(4-3-5-18(16)21)19-22-10-11-23-19/h3-6,8,12H,2,7,9-11H2,1H3,(H,22,23). The summed E-state index contributed by atoms with van der Waals surface area (Å²) in [5.41, 5.74) is 5.76. The Bertz CT molecular complexity index is 740. The van der Waals surface area contributed by atoms with E-state index in [9.17, 15) is 0 Å². The predicted molar refractivity (Wildman–Crippen MR) is 99.5 cm³/mol. The molecule has 0 amide bonds. The summed E-state index contributed by atoms with van der Waals surface area (Å²) in [5, 5.41) is 4.15. The van der Waals surface area contributed by atoms with Crippen molar-refractivity contribution in [1.29, 1.82) is 0 Å². The number of halogens is 1. The average molecular weight is 323 g/mol. The molecule has 1 aliphatic rings. The number of benzene rings is 2. The van der Waals surface area contributed by atoms with Crippen LogP contribution >= 0.6 is 11.6 Å². The molecule has 1 aliphatic heterocycles. The molecule has 2 radical (unpaired) electrons. The molecule has 23 heavy (non-hydrogen) atoms. The number of rotatable bonds is 5. The van der Waals surface area contributed by atoms with Gasteiger partial charge in [0.1, 0.15) is 13.7 Å². The van der Waals surface area contributed by atoms with Gasteiger partial charge in [0.05, 0.1) is 6.54 Å². The van der Waals surface area contributed by atoms with Crippen LogP contribution in [-0.4, -0.2) is 26.8 Å². The highest BCUT2D eigenvalue weighted by atomic mass is 35.5. The lowest BCUT2D eigenvalue weighted by Crippen LogP contribution is -2.21. The molecule has 2 nitrogen and oxygen atoms in total. The van der Waals surface area contributed by atoms with Gasteiger partial charge >= 0.3 is 0 Å². The van der Waals surface area contributed by atoms with Crippen LogP contribution in [0.1, 0.15) is 29.2 Å². The summed E-state index contributed by atoms with van der Waals surface area (Å²) in [4.78, 5) is 4.54. The molecule has 0 aromatic heterocycles. The summed E-state index contributed by atoms with van der Waals surface area (Å²) in [7, 11) is 5.96. The molecule has 0 atom stereocenters. The average Bonchev–Trinajstić information content (AvgIpc) is 3.08. The third-order valence-corrected chi connectivity index (χ3v) is 4.66. The molecule has 0 saturated heterocycles. The van der Waals surface area contributed by atoms with E-state index in [1.807, 2.05) is 18.2 Å². The highest BCUT2D eigenvalue weighted by Crippen LogP contribution is 2.23. The lowest BCUT2D eigenvalue weighted by molar-refractivity contribution is 0.926. The highest BCUT2D eigenvalue weighted by Gasteiger charge is 2.15. The van der Waals surface area contributed by atoms with Gasteiger partial charge in [0, 0.05) is 17.1 Å². The van der Waals surface area contributed by atoms with Crippen LogP contribution in [0, 0.1) is 0 Å². The van der Waals surface area contributed by atoms with Gasteiger partial charge in [0.25, 0.3) is 0 Å². The van der Waals surface area contributed by atoms with Crippen molar-refractivity contribution in [3.63, 3.8) is 0 Å². The molecule has 2 aromatic carbocycles. The number of nitrogens with zero attached hydrogens (tertiary/aromatic N) is 1. The van der Waals surface area contributed by atoms with E-state index < -0.39 is 0 Å². The Labute approximate surface area is 144 Å². The summed E-state index contributed by atoms with van der Waals surface area (Å²) in [5.74, 6) is 0.964. The first kappa shape index (κ1) is 16.1. The van der Waals surface area contributed by atoms with Crippen LogP contribution in [0.15, 0.2) is 41.4 Å². The van der Waals surface area contributed by atoms with E-state index in [4.69, 9.17) is 19.4 Å². The fourth-order valence-corrected chi connectivity index (χ4v) is 3.37. The zero-order valence-corrected chi connectivity index (χ0v) is 14.2. The Morgan fingerprint density at radius 2 is 2.04 bits per heavy atom. The van der Waals surface area contributed by atoms with Gasteiger partial charge in [-0.25, -0.2) is 0 Å². The lowest BCUT2D eigenvalue weighted by Gasteiger charge is -2.14. The Kier molecular flexibility index (Phi) is 5.07. The number of hydrogen-bond acceptors (Lipinski definition) is 2. The van der Waals surface area contributed by atoms with Crippen molar-refractivity contribution in [3.05, 3.63) is 63.7 Å². The molecule has 0 fully saturated rings. The van der Waals surface area contributed by atoms with Crippen molar-refractivity contribution in [1.82, 2.24) is 5.32 Å². The molecule has 0 unspecified atom stereocenters. The minimum atomic E-state index is 0.806. The van der Waals surface area contributed by atoms with Gasteiger partial charge in [-0.2, -0.15) is 0 Å². The van der Waals surface area contributed by atoms with Gasteiger partial charge in [-0.3, -0.25) is 4.99 Å². The van der Waals surface area contributed by atoms with Crippen LogP contribution < -0.4 is 10.8 Å². The van der Waals surface area contributed by atoms with E-state index >= 15 is 0 Å². The Morgan fingerprint density at radius 3 is 2.78 bits per heavy atom. The maximum absolute atomic E-state index is 6.47. The Morgan fingerprint density at radius 1 is 1.17 bits per heavy atom. The second-order valence-electron chi connectivity index (χ2n) is 5.80. The van der Waals surface area contributed by atoms with E-state index in [-0.39, 0.29) is 0 Å². The highest BCUT2D eigenvalue weighted by molar-refractivity contribution is 6.32. The second kappa shape index (κ2) is 7.22. The number of hydrogen-bond donors (Lipinski definition) is 1. The van der Waals surface area contributed by atoms with E-state index in [1.54, 1.807) is 0 Å². The molecule has 0 bridgehead atoms. The molecule has 2 aromatic rings. The SMILES string of the molecule is [B]c1ccc(CC)c(CCc2c(Cl)cccc2C2=NCCN2)c1. The fraction of sp³-hybridized carbons (Fsp3) is 0.316. The molecule has 116 valence electrons. The molecule has 0 saturated carbocycles. The van der Waals surface area contributed by atoms with Crippen LogP contribution in [0.25, 0.3) is 0 Å². The molecule has 4 heteroatoms. The predicted octanol–water partition coefficient (Wildman–Crippen LogP) is 2.83. The Hall–Kier alpha value is -1.74. The van der Waals surface area contributed by atoms with Gasteiger partial charge in [-0.15, -0.1) is 0 Å². The van der Waals surface area contributed by atoms with Crippen molar-refractivity contribution in [3.8, 4) is 0 Å². The van der Waals surface area contributed by atoms with Crippen molar-refractivity contribution in [2.45, 2.75) is 26.2 Å². The molecule has 1 heterocycles. The van der Waals surface area contributed by atoms with E-state index in [0.717, 1.165) is 59.8 Å². The van der Waals surface area contributed by atoms with Crippen molar-refractivity contribution < 1.29 is 0 Å². The summed E-state index contributed by atoms with van der Waals surface area (Å²) < 4.78 is 0. The zero-order valence-electron chi connectivity index (χ0n) is 13.4. The lowest BCUT2D eigenvalue weighted by atomic mass is 9.88. The maximum atomic E-state index is 6.47. The summed E-state index contributed by atoms with van der Waals surface area (Å²) in [6.07, 6.45) is 2.82. The smallest absolute Gasteiger partial charge is 0.128 e. The number of amidine groups is 1. The minimum absolute atomic E-state index is 0.806. The number of aryl methyl sites for hydroxylation is 2. The second-order valence-corrected chi connectivity index (χ2v) is 6.21. The molecule has 3 rings (SSSR count). The van der Waals surface area contributed by atoms with Crippen LogP contribution in [-0.2, 0) is 19.3 Å². The molecular formula is C19H20BClN2. The first-order valence-corrected chi connectivity index (χ1v) is 8.50. The summed E-state index contributed by atoms with van der Waals surface area (Å²) in [6.45, 7) is 3.90. The monoisotopic (exact) mass is 322 g/mol. The quantitative estimate of drug-likeness (QED) is 0.841. The summed E-state index contributed by atoms with van der Waals surface area (Å²) in [6, 6.07) is 12.2. The molecule has 0 spiro atoms. The number of aliphatic imine (C=N–C) groups is 1. The van der Waals surface area contributed by atoms with E-state index in [2.05, 4.69) is 35.4 Å². The normalized spacial score (nSPS) is 13.7. The minimum Gasteiger partial charge on any atom is -0.368 e. The van der Waals surface area contributed by atoms with E-state index in [1.165, 1.54) is 11.1 Å². The zero-order chi connectivity index (χ0) is 16.2. The third kappa shape index (κ3) is 3.61. The van der Waals surface area contributed by atoms with E-state index in [0.29, 0.717) is 0 Å². The van der Waals surface area contributed by atoms with Gasteiger partial charge in [-0.05, 0) is 42.0 Å². The summed E-state index contributed by atoms with van der Waals surface area (Å²) >= 11 is 6.47. The van der Waals surface area contributed by atoms with Crippen LogP contribution in [0.4, 0.5) is 0 Å². The fourth-order valence-electron chi connectivity index (χ4n) is 3.10. The molecule has 0 aliphatic carbocycles. The molecular weight excluding hydrogens is 302 g/mol. The maximum Gasteiger partial charge on any atom is 0.128 e. The van der Waals surface area contributed by atoms with Crippen molar-refractivity contribution in [2.75, 3.05) is 13.1 Å². The van der Waals surface area contributed by atoms with Gasteiger partial charge in [0.15, 0.2) is 0 Å². The molecule has 1 N–H and O–H groups in total. The Balaban J connectivity index is 1.87. The van der Waals surface area contributed by atoms with Crippen molar-refractivity contribution >= 4 is 30.7 Å².